The van der Waals surface area contributed by atoms with Crippen molar-refractivity contribution in [2.75, 3.05) is 18.8 Å². The average molecular weight is 187 g/mol. The van der Waals surface area contributed by atoms with E-state index < -0.39 is 0 Å². The van der Waals surface area contributed by atoms with Crippen LogP contribution in [0.1, 0.15) is 0 Å². The highest BCUT2D eigenvalue weighted by molar-refractivity contribution is 7.99. The van der Waals surface area contributed by atoms with Crippen LogP contribution in [0.25, 0.3) is 0 Å². The summed E-state index contributed by atoms with van der Waals surface area (Å²) in [6.07, 6.45) is 0. The topological polar surface area (TPSA) is 35.2 Å². The lowest BCUT2D eigenvalue weighted by molar-refractivity contribution is 0.259. The predicted molar refractivity (Wildman–Crippen MR) is 48.5 cm³/mol. The minimum atomic E-state index is -0.379. The molecule has 0 heterocycles. The first-order valence-electron chi connectivity index (χ1n) is 3.41. The molecule has 2 N–H and O–H groups in total. The van der Waals surface area contributed by atoms with Crippen molar-refractivity contribution in [2.24, 2.45) is 0 Å². The molecule has 0 atom stereocenters. The van der Waals surface area contributed by atoms with E-state index in [1.807, 2.05) is 0 Å². The Morgan fingerprint density at radius 2 is 2.33 bits per heavy atom. The van der Waals surface area contributed by atoms with Gasteiger partial charge in [-0.25, -0.2) is 4.39 Å². The molecule has 0 amide bonds. The van der Waals surface area contributed by atoms with Gasteiger partial charge in [-0.05, 0) is 18.2 Å². The number of thioether (sulfide) groups is 1. The second kappa shape index (κ2) is 4.33. The van der Waals surface area contributed by atoms with Gasteiger partial charge >= 0.3 is 0 Å². The van der Waals surface area contributed by atoms with Gasteiger partial charge in [-0.2, -0.15) is 0 Å². The third-order valence-electron chi connectivity index (χ3n) is 1.32. The zero-order valence-electron chi connectivity index (χ0n) is 6.71. The molecular formula is C8H10FNOS. The van der Waals surface area contributed by atoms with Crippen molar-refractivity contribution in [3.05, 3.63) is 24.0 Å². The normalized spacial score (nSPS) is 10.2. The smallest absolute Gasteiger partial charge is 0.147 e. The van der Waals surface area contributed by atoms with Crippen LogP contribution in [0.3, 0.4) is 0 Å². The van der Waals surface area contributed by atoms with Crippen molar-refractivity contribution in [1.29, 1.82) is 0 Å². The third kappa shape index (κ3) is 2.39. The van der Waals surface area contributed by atoms with Gasteiger partial charge in [0.05, 0.1) is 11.6 Å². The Morgan fingerprint density at radius 1 is 1.58 bits per heavy atom. The van der Waals surface area contributed by atoms with Gasteiger partial charge in [-0.3, -0.25) is 0 Å². The zero-order chi connectivity index (χ0) is 8.97. The molecule has 0 saturated carbocycles. The summed E-state index contributed by atoms with van der Waals surface area (Å²) < 4.78 is 17.7. The zero-order valence-corrected chi connectivity index (χ0v) is 7.53. The van der Waals surface area contributed by atoms with Crippen molar-refractivity contribution >= 4 is 17.4 Å². The van der Waals surface area contributed by atoms with Gasteiger partial charge in [-0.15, -0.1) is 0 Å². The van der Waals surface area contributed by atoms with E-state index in [0.717, 1.165) is 4.90 Å². The number of anilines is 1. The Balaban J connectivity index is 2.69. The van der Waals surface area contributed by atoms with E-state index >= 15 is 0 Å². The Hall–Kier alpha value is -0.740. The number of hydrogen-bond acceptors (Lipinski definition) is 3. The molecule has 4 heteroatoms. The van der Waals surface area contributed by atoms with E-state index in [1.54, 1.807) is 19.2 Å². The molecular weight excluding hydrogens is 177 g/mol. The van der Waals surface area contributed by atoms with E-state index in [1.165, 1.54) is 17.8 Å². The summed E-state index contributed by atoms with van der Waals surface area (Å²) in [5.74, 6) is 0.139. The quantitative estimate of drug-likeness (QED) is 0.447. The fourth-order valence-electron chi connectivity index (χ4n) is 0.725. The second-order valence-electron chi connectivity index (χ2n) is 2.23. The number of benzene rings is 1. The van der Waals surface area contributed by atoms with Crippen molar-refractivity contribution in [2.45, 2.75) is 4.90 Å². The lowest BCUT2D eigenvalue weighted by Gasteiger charge is -2.01. The lowest BCUT2D eigenvalue weighted by Crippen LogP contribution is -1.90. The number of halogens is 1. The highest BCUT2D eigenvalue weighted by Gasteiger charge is 1.99. The van der Waals surface area contributed by atoms with Gasteiger partial charge < -0.3 is 10.5 Å². The first kappa shape index (κ1) is 9.35. The van der Waals surface area contributed by atoms with Crippen LogP contribution in [-0.4, -0.2) is 13.0 Å². The summed E-state index contributed by atoms with van der Waals surface area (Å²) in [6, 6.07) is 4.72. The fraction of sp³-hybridized carbons (Fsp3) is 0.250. The Labute approximate surface area is 74.9 Å². The van der Waals surface area contributed by atoms with Crippen LogP contribution in [0.5, 0.6) is 0 Å². The largest absolute Gasteiger partial charge is 0.396 e. The first-order valence-corrected chi connectivity index (χ1v) is 4.39. The van der Waals surface area contributed by atoms with Gasteiger partial charge in [-0.1, -0.05) is 11.8 Å². The molecule has 2 nitrogen and oxygen atoms in total. The number of nitrogens with two attached hydrogens (primary N) is 1. The number of nitrogen functional groups attached to an aromatic ring is 1. The summed E-state index contributed by atoms with van der Waals surface area (Å²) in [5, 5.41) is 0. The molecule has 0 fully saturated rings. The van der Waals surface area contributed by atoms with Crippen LogP contribution in [0.4, 0.5) is 10.1 Å². The van der Waals surface area contributed by atoms with E-state index in [2.05, 4.69) is 0 Å². The van der Waals surface area contributed by atoms with Crippen LogP contribution >= 0.6 is 11.8 Å². The van der Waals surface area contributed by atoms with Crippen molar-refractivity contribution in [1.82, 2.24) is 0 Å². The molecule has 1 aromatic carbocycles. The molecule has 0 aromatic heterocycles. The first-order chi connectivity index (χ1) is 5.74. The number of rotatable bonds is 3. The fourth-order valence-corrected chi connectivity index (χ4v) is 1.33. The van der Waals surface area contributed by atoms with Gasteiger partial charge in [0.2, 0.25) is 0 Å². The Morgan fingerprint density at radius 3 is 2.92 bits per heavy atom. The predicted octanol–water partition coefficient (Wildman–Crippen LogP) is 2.10. The van der Waals surface area contributed by atoms with Crippen molar-refractivity contribution in [3.8, 4) is 0 Å². The molecule has 0 radical (unpaired) electrons. The van der Waals surface area contributed by atoms with Crippen LogP contribution in [0.2, 0.25) is 0 Å². The molecule has 1 aromatic rings. The molecule has 0 unspecified atom stereocenters. The molecule has 0 aliphatic rings. The van der Waals surface area contributed by atoms with Crippen LogP contribution in [0.15, 0.2) is 23.1 Å². The Bertz CT molecular complexity index is 267. The van der Waals surface area contributed by atoms with Gasteiger partial charge in [0.1, 0.15) is 5.82 Å². The molecule has 66 valence electrons. The maximum Gasteiger partial charge on any atom is 0.147 e. The van der Waals surface area contributed by atoms with Crippen LogP contribution < -0.4 is 5.73 Å². The molecule has 0 aliphatic carbocycles. The minimum Gasteiger partial charge on any atom is -0.396 e. The maximum atomic E-state index is 12.8. The van der Waals surface area contributed by atoms with E-state index in [0.29, 0.717) is 5.94 Å². The minimum absolute atomic E-state index is 0.178. The summed E-state index contributed by atoms with van der Waals surface area (Å²) in [7, 11) is 1.60. The average Bonchev–Trinajstić information content (AvgIpc) is 2.07. The van der Waals surface area contributed by atoms with Crippen LogP contribution in [-0.2, 0) is 4.74 Å². The van der Waals surface area contributed by atoms with Gasteiger partial charge in [0, 0.05) is 12.0 Å². The van der Waals surface area contributed by atoms with Crippen molar-refractivity contribution < 1.29 is 9.13 Å². The highest BCUT2D eigenvalue weighted by atomic mass is 32.2. The molecule has 0 spiro atoms. The summed E-state index contributed by atoms with van der Waals surface area (Å²) >= 11 is 1.43. The highest BCUT2D eigenvalue weighted by Crippen LogP contribution is 2.21. The molecule has 0 saturated heterocycles. The second-order valence-corrected chi connectivity index (χ2v) is 3.23. The molecule has 0 bridgehead atoms. The summed E-state index contributed by atoms with van der Waals surface area (Å²) in [4.78, 5) is 0.823. The number of methoxy groups -OCH3 is 1. The lowest BCUT2D eigenvalue weighted by atomic mass is 10.3. The number of ether oxygens (including phenoxy) is 1. The standard InChI is InChI=1S/C8H10FNOS/c1-11-5-12-6-2-3-8(10)7(9)4-6/h2-4H,5,10H2,1H3. The van der Waals surface area contributed by atoms with Crippen LogP contribution in [0, 0.1) is 5.82 Å². The molecule has 12 heavy (non-hydrogen) atoms. The monoisotopic (exact) mass is 187 g/mol. The van der Waals surface area contributed by atoms with E-state index in [9.17, 15) is 4.39 Å². The van der Waals surface area contributed by atoms with Gasteiger partial charge in [0.25, 0.3) is 0 Å². The molecule has 1 rings (SSSR count). The third-order valence-corrected chi connectivity index (χ3v) is 2.26. The molecule has 0 aliphatic heterocycles. The van der Waals surface area contributed by atoms with E-state index in [-0.39, 0.29) is 11.5 Å². The van der Waals surface area contributed by atoms with E-state index in [4.69, 9.17) is 10.5 Å². The SMILES string of the molecule is COCSc1ccc(N)c(F)c1. The maximum absolute atomic E-state index is 12.8. The summed E-state index contributed by atoms with van der Waals surface area (Å²) in [6.45, 7) is 0. The summed E-state index contributed by atoms with van der Waals surface area (Å²) in [5.41, 5.74) is 5.48. The Kier molecular flexibility index (Phi) is 3.37. The number of hydrogen-bond donors (Lipinski definition) is 1. The van der Waals surface area contributed by atoms with Crippen molar-refractivity contribution in [3.63, 3.8) is 0 Å². The van der Waals surface area contributed by atoms with Gasteiger partial charge in [0.15, 0.2) is 0 Å².